The second-order valence-corrected chi connectivity index (χ2v) is 4.69. The quantitative estimate of drug-likeness (QED) is 0.870. The number of halogens is 3. The fraction of sp³-hybridized carbons (Fsp3) is 0.462. The number of methoxy groups -OCH3 is 1. The van der Waals surface area contributed by atoms with Gasteiger partial charge in [0.2, 0.25) is 0 Å². The largest absolute Gasteiger partial charge is 0.416 e. The average molecular weight is 291 g/mol. The first-order chi connectivity index (χ1) is 9.15. The van der Waals surface area contributed by atoms with Gasteiger partial charge in [-0.05, 0) is 25.1 Å². The van der Waals surface area contributed by atoms with Crippen LogP contribution in [0.2, 0.25) is 0 Å². The van der Waals surface area contributed by atoms with E-state index in [1.54, 1.807) is 0 Å². The number of hydrogen-bond donors (Lipinski definition) is 2. The third-order valence-corrected chi connectivity index (χ3v) is 2.54. The van der Waals surface area contributed by atoms with Crippen molar-refractivity contribution in [3.05, 3.63) is 35.4 Å². The van der Waals surface area contributed by atoms with Gasteiger partial charge in [0.25, 0.3) is 5.91 Å². The van der Waals surface area contributed by atoms with Crippen LogP contribution in [-0.2, 0) is 10.9 Å². The summed E-state index contributed by atoms with van der Waals surface area (Å²) in [6.45, 7) is 1.31. The Bertz CT molecular complexity index is 472. The Kier molecular flexibility index (Phi) is 5.13. The monoisotopic (exact) mass is 291 g/mol. The van der Waals surface area contributed by atoms with Crippen molar-refractivity contribution < 1.29 is 27.8 Å². The topological polar surface area (TPSA) is 58.6 Å². The molecule has 4 nitrogen and oxygen atoms in total. The molecule has 0 bridgehead atoms. The van der Waals surface area contributed by atoms with Crippen LogP contribution in [0, 0.1) is 0 Å². The van der Waals surface area contributed by atoms with E-state index in [2.05, 4.69) is 5.32 Å². The summed E-state index contributed by atoms with van der Waals surface area (Å²) in [5.74, 6) is -0.688. The molecule has 1 atom stereocenters. The number of aliphatic hydroxyl groups is 1. The molecular formula is C13H16F3NO3. The van der Waals surface area contributed by atoms with E-state index in [9.17, 15) is 23.1 Å². The van der Waals surface area contributed by atoms with E-state index in [-0.39, 0.29) is 18.7 Å². The van der Waals surface area contributed by atoms with Crippen LogP contribution in [0.25, 0.3) is 0 Å². The Labute approximate surface area is 114 Å². The molecule has 0 aliphatic heterocycles. The predicted octanol–water partition coefficient (Wildman–Crippen LogP) is 1.83. The highest BCUT2D eigenvalue weighted by atomic mass is 19.4. The molecule has 0 unspecified atom stereocenters. The summed E-state index contributed by atoms with van der Waals surface area (Å²) in [6.07, 6.45) is -4.50. The second-order valence-electron chi connectivity index (χ2n) is 4.69. The summed E-state index contributed by atoms with van der Waals surface area (Å²) >= 11 is 0. The first kappa shape index (κ1) is 16.5. The highest BCUT2D eigenvalue weighted by Gasteiger charge is 2.31. The molecule has 0 saturated heterocycles. The molecule has 20 heavy (non-hydrogen) atoms. The number of nitrogens with one attached hydrogen (secondary N) is 1. The lowest BCUT2D eigenvalue weighted by Gasteiger charge is -2.22. The number of ether oxygens (including phenoxy) is 1. The van der Waals surface area contributed by atoms with Crippen LogP contribution in [-0.4, -0.2) is 36.9 Å². The van der Waals surface area contributed by atoms with Gasteiger partial charge in [0.15, 0.2) is 0 Å². The number of hydrogen-bond acceptors (Lipinski definition) is 3. The molecule has 1 aromatic carbocycles. The van der Waals surface area contributed by atoms with Gasteiger partial charge in [-0.2, -0.15) is 13.2 Å². The lowest BCUT2D eigenvalue weighted by Crippen LogP contribution is -2.43. The lowest BCUT2D eigenvalue weighted by atomic mass is 10.1. The summed E-state index contributed by atoms with van der Waals surface area (Å²) in [5.41, 5.74) is -2.30. The first-order valence-corrected chi connectivity index (χ1v) is 5.82. The van der Waals surface area contributed by atoms with Crippen molar-refractivity contribution in [2.45, 2.75) is 18.7 Å². The SMILES string of the molecule is COC[C@@](C)(O)CNC(=O)c1cccc(C(F)(F)F)c1. The van der Waals surface area contributed by atoms with Crippen molar-refractivity contribution in [1.82, 2.24) is 5.32 Å². The number of carbonyl (C=O) groups is 1. The predicted molar refractivity (Wildman–Crippen MR) is 66.3 cm³/mol. The maximum Gasteiger partial charge on any atom is 0.416 e. The molecule has 0 aromatic heterocycles. The molecule has 1 amide bonds. The Morgan fingerprint density at radius 3 is 2.60 bits per heavy atom. The highest BCUT2D eigenvalue weighted by molar-refractivity contribution is 5.94. The van der Waals surface area contributed by atoms with Gasteiger partial charge in [-0.25, -0.2) is 0 Å². The van der Waals surface area contributed by atoms with Crippen molar-refractivity contribution in [1.29, 1.82) is 0 Å². The number of carbonyl (C=O) groups excluding carboxylic acids is 1. The first-order valence-electron chi connectivity index (χ1n) is 5.82. The average Bonchev–Trinajstić information content (AvgIpc) is 2.35. The minimum atomic E-state index is -4.50. The lowest BCUT2D eigenvalue weighted by molar-refractivity contribution is -0.137. The second kappa shape index (κ2) is 6.23. The van der Waals surface area contributed by atoms with Gasteiger partial charge in [-0.3, -0.25) is 4.79 Å². The Morgan fingerprint density at radius 1 is 1.40 bits per heavy atom. The van der Waals surface area contributed by atoms with Crippen molar-refractivity contribution in [3.63, 3.8) is 0 Å². The van der Waals surface area contributed by atoms with Crippen molar-refractivity contribution >= 4 is 5.91 Å². The van der Waals surface area contributed by atoms with Crippen LogP contribution >= 0.6 is 0 Å². The van der Waals surface area contributed by atoms with E-state index in [0.29, 0.717) is 0 Å². The van der Waals surface area contributed by atoms with Gasteiger partial charge >= 0.3 is 6.18 Å². The van der Waals surface area contributed by atoms with E-state index in [0.717, 1.165) is 18.2 Å². The van der Waals surface area contributed by atoms with Gasteiger partial charge in [-0.15, -0.1) is 0 Å². The molecule has 0 aliphatic carbocycles. The molecule has 2 N–H and O–H groups in total. The molecule has 0 aliphatic rings. The molecule has 112 valence electrons. The smallest absolute Gasteiger partial charge is 0.386 e. The highest BCUT2D eigenvalue weighted by Crippen LogP contribution is 2.29. The fourth-order valence-electron chi connectivity index (χ4n) is 1.57. The van der Waals surface area contributed by atoms with Gasteiger partial charge in [0.05, 0.1) is 12.2 Å². The Balaban J connectivity index is 2.74. The van der Waals surface area contributed by atoms with E-state index in [1.807, 2.05) is 0 Å². The summed E-state index contributed by atoms with van der Waals surface area (Å²) in [7, 11) is 1.39. The zero-order chi connectivity index (χ0) is 15.4. The zero-order valence-corrected chi connectivity index (χ0v) is 11.1. The molecule has 0 radical (unpaired) electrons. The Morgan fingerprint density at radius 2 is 2.05 bits per heavy atom. The van der Waals surface area contributed by atoms with Crippen LogP contribution in [0.15, 0.2) is 24.3 Å². The van der Waals surface area contributed by atoms with Crippen LogP contribution < -0.4 is 5.32 Å². The molecule has 0 spiro atoms. The minimum Gasteiger partial charge on any atom is -0.386 e. The summed E-state index contributed by atoms with van der Waals surface area (Å²) in [4.78, 5) is 11.7. The van der Waals surface area contributed by atoms with Crippen LogP contribution in [0.1, 0.15) is 22.8 Å². The molecule has 7 heteroatoms. The number of benzene rings is 1. The standard InChI is InChI=1S/C13H16F3NO3/c1-12(19,8-20-2)7-17-11(18)9-4-3-5-10(6-9)13(14,15)16/h3-6,19H,7-8H2,1-2H3,(H,17,18)/t12-/m0/s1. The van der Waals surface area contributed by atoms with Crippen LogP contribution in [0.3, 0.4) is 0 Å². The third-order valence-electron chi connectivity index (χ3n) is 2.54. The van der Waals surface area contributed by atoms with Gasteiger partial charge < -0.3 is 15.2 Å². The van der Waals surface area contributed by atoms with E-state index in [1.165, 1.54) is 20.1 Å². The van der Waals surface area contributed by atoms with Crippen molar-refractivity contribution in [3.8, 4) is 0 Å². The fourth-order valence-corrected chi connectivity index (χ4v) is 1.57. The summed E-state index contributed by atoms with van der Waals surface area (Å²) in [6, 6.07) is 4.08. The minimum absolute atomic E-state index is 0.00410. The number of alkyl halides is 3. The van der Waals surface area contributed by atoms with Gasteiger partial charge in [-0.1, -0.05) is 6.07 Å². The van der Waals surface area contributed by atoms with Crippen molar-refractivity contribution in [2.24, 2.45) is 0 Å². The summed E-state index contributed by atoms with van der Waals surface area (Å²) < 4.78 is 42.3. The van der Waals surface area contributed by atoms with Crippen LogP contribution in [0.5, 0.6) is 0 Å². The molecule has 0 fully saturated rings. The number of rotatable bonds is 5. The van der Waals surface area contributed by atoms with Gasteiger partial charge in [0.1, 0.15) is 5.60 Å². The maximum atomic E-state index is 12.5. The zero-order valence-electron chi connectivity index (χ0n) is 11.1. The maximum absolute atomic E-state index is 12.5. The van der Waals surface area contributed by atoms with Crippen LogP contribution in [0.4, 0.5) is 13.2 Å². The molecular weight excluding hydrogens is 275 g/mol. The normalized spacial score (nSPS) is 14.7. The van der Waals surface area contributed by atoms with E-state index in [4.69, 9.17) is 4.74 Å². The molecule has 0 saturated carbocycles. The van der Waals surface area contributed by atoms with E-state index < -0.39 is 23.2 Å². The third kappa shape index (κ3) is 4.82. The summed E-state index contributed by atoms with van der Waals surface area (Å²) in [5, 5.41) is 12.1. The van der Waals surface area contributed by atoms with Gasteiger partial charge in [0, 0.05) is 19.2 Å². The molecule has 1 rings (SSSR count). The Hall–Kier alpha value is -1.60. The van der Waals surface area contributed by atoms with Crippen molar-refractivity contribution in [2.75, 3.05) is 20.3 Å². The van der Waals surface area contributed by atoms with E-state index >= 15 is 0 Å². The number of amides is 1. The molecule has 1 aromatic rings. The molecule has 0 heterocycles.